The summed E-state index contributed by atoms with van der Waals surface area (Å²) < 4.78 is 4.69. The van der Waals surface area contributed by atoms with E-state index < -0.39 is 0 Å². The lowest BCUT2D eigenvalue weighted by Gasteiger charge is -2.24. The van der Waals surface area contributed by atoms with Crippen LogP contribution in [-0.2, 0) is 14.3 Å². The molecule has 0 amide bonds. The van der Waals surface area contributed by atoms with Gasteiger partial charge in [-0.1, -0.05) is 6.08 Å². The Kier molecular flexibility index (Phi) is 1.45. The van der Waals surface area contributed by atoms with Crippen LogP contribution >= 0.6 is 0 Å². The van der Waals surface area contributed by atoms with Crippen molar-refractivity contribution in [1.29, 1.82) is 0 Å². The summed E-state index contributed by atoms with van der Waals surface area (Å²) in [4.78, 5) is 22.8. The fourth-order valence-electron chi connectivity index (χ4n) is 3.58. The van der Waals surface area contributed by atoms with Crippen LogP contribution in [0.25, 0.3) is 0 Å². The monoisotopic (exact) mass is 192 g/mol. The van der Waals surface area contributed by atoms with Crippen LogP contribution in [0.5, 0.6) is 0 Å². The standard InChI is InChI=1S/C11H12O3/c1-2-5-3-6-4-7(5)9-8(6)10(12)14-11(9)13/h2,5-9H,1,3-4H2. The zero-order valence-electron chi connectivity index (χ0n) is 7.81. The van der Waals surface area contributed by atoms with Gasteiger partial charge in [0.2, 0.25) is 0 Å². The maximum atomic E-state index is 11.4. The number of fused-ring (bicyclic) bond motifs is 5. The summed E-state index contributed by atoms with van der Waals surface area (Å²) >= 11 is 0. The van der Waals surface area contributed by atoms with Crippen molar-refractivity contribution in [3.63, 3.8) is 0 Å². The van der Waals surface area contributed by atoms with E-state index >= 15 is 0 Å². The molecule has 0 aromatic rings. The highest BCUT2D eigenvalue weighted by Crippen LogP contribution is 2.58. The Balaban J connectivity index is 1.97. The maximum absolute atomic E-state index is 11.4. The Morgan fingerprint density at radius 3 is 2.64 bits per heavy atom. The Morgan fingerprint density at radius 1 is 1.21 bits per heavy atom. The Labute approximate surface area is 82.1 Å². The highest BCUT2D eigenvalue weighted by Gasteiger charge is 2.62. The number of cyclic esters (lactones) is 2. The van der Waals surface area contributed by atoms with Crippen LogP contribution in [0.3, 0.4) is 0 Å². The van der Waals surface area contributed by atoms with Crippen molar-refractivity contribution < 1.29 is 14.3 Å². The molecule has 74 valence electrons. The van der Waals surface area contributed by atoms with Gasteiger partial charge in [-0.15, -0.1) is 6.58 Å². The quantitative estimate of drug-likeness (QED) is 0.355. The second-order valence-corrected chi connectivity index (χ2v) is 4.59. The molecule has 0 spiro atoms. The van der Waals surface area contributed by atoms with E-state index in [-0.39, 0.29) is 23.8 Å². The third-order valence-electron chi connectivity index (χ3n) is 4.10. The zero-order chi connectivity index (χ0) is 9.87. The van der Waals surface area contributed by atoms with Crippen molar-refractivity contribution in [3.8, 4) is 0 Å². The molecule has 3 rings (SSSR count). The summed E-state index contributed by atoms with van der Waals surface area (Å²) in [5.74, 6) is 0.259. The van der Waals surface area contributed by atoms with E-state index in [1.54, 1.807) is 0 Å². The smallest absolute Gasteiger partial charge is 0.317 e. The fraction of sp³-hybridized carbons (Fsp3) is 0.636. The highest BCUT2D eigenvalue weighted by molar-refractivity contribution is 5.97. The summed E-state index contributed by atoms with van der Waals surface area (Å²) in [6.45, 7) is 3.78. The number of carbonyl (C=O) groups excluding carboxylic acids is 2. The third-order valence-corrected chi connectivity index (χ3v) is 4.10. The fourth-order valence-corrected chi connectivity index (χ4v) is 3.58. The van der Waals surface area contributed by atoms with Crippen LogP contribution in [0.2, 0.25) is 0 Å². The molecular formula is C11H12O3. The van der Waals surface area contributed by atoms with Crippen molar-refractivity contribution in [1.82, 2.24) is 0 Å². The molecule has 2 bridgehead atoms. The number of hydrogen-bond donors (Lipinski definition) is 0. The van der Waals surface area contributed by atoms with Crippen LogP contribution in [0.15, 0.2) is 12.7 Å². The first-order chi connectivity index (χ1) is 6.72. The molecule has 1 aliphatic heterocycles. The van der Waals surface area contributed by atoms with Gasteiger partial charge in [0.25, 0.3) is 0 Å². The maximum Gasteiger partial charge on any atom is 0.317 e. The van der Waals surface area contributed by atoms with E-state index in [4.69, 9.17) is 0 Å². The van der Waals surface area contributed by atoms with Crippen molar-refractivity contribution in [2.24, 2.45) is 29.6 Å². The molecule has 2 saturated carbocycles. The predicted octanol–water partition coefficient (Wildman–Crippen LogP) is 1.14. The van der Waals surface area contributed by atoms with E-state index in [9.17, 15) is 9.59 Å². The first-order valence-electron chi connectivity index (χ1n) is 5.10. The number of rotatable bonds is 1. The molecule has 5 unspecified atom stereocenters. The molecule has 2 aliphatic carbocycles. The van der Waals surface area contributed by atoms with Crippen LogP contribution in [0.1, 0.15) is 12.8 Å². The van der Waals surface area contributed by atoms with Gasteiger partial charge in [0.05, 0.1) is 11.8 Å². The van der Waals surface area contributed by atoms with Crippen LogP contribution < -0.4 is 0 Å². The van der Waals surface area contributed by atoms with E-state index in [1.165, 1.54) is 0 Å². The van der Waals surface area contributed by atoms with Gasteiger partial charge >= 0.3 is 11.9 Å². The molecule has 0 aromatic carbocycles. The first-order valence-corrected chi connectivity index (χ1v) is 5.10. The molecule has 0 aromatic heterocycles. The molecule has 1 saturated heterocycles. The Bertz CT molecular complexity index is 333. The van der Waals surface area contributed by atoms with Crippen molar-refractivity contribution in [2.75, 3.05) is 0 Å². The van der Waals surface area contributed by atoms with Gasteiger partial charge in [-0.2, -0.15) is 0 Å². The SMILES string of the molecule is C=CC1CC2CC1C1C(=O)OC(=O)C21. The number of esters is 2. The summed E-state index contributed by atoms with van der Waals surface area (Å²) in [6.07, 6.45) is 3.95. The zero-order valence-corrected chi connectivity index (χ0v) is 7.81. The highest BCUT2D eigenvalue weighted by atomic mass is 16.6. The predicted molar refractivity (Wildman–Crippen MR) is 48.0 cm³/mol. The van der Waals surface area contributed by atoms with Crippen LogP contribution in [0.4, 0.5) is 0 Å². The number of hydrogen-bond acceptors (Lipinski definition) is 3. The summed E-state index contributed by atoms with van der Waals surface area (Å²) in [5, 5.41) is 0. The van der Waals surface area contributed by atoms with Crippen LogP contribution in [-0.4, -0.2) is 11.9 Å². The molecule has 1 heterocycles. The van der Waals surface area contributed by atoms with E-state index in [0.717, 1.165) is 12.8 Å². The molecule has 0 N–H and O–H groups in total. The van der Waals surface area contributed by atoms with Gasteiger partial charge < -0.3 is 4.74 Å². The van der Waals surface area contributed by atoms with Gasteiger partial charge in [0, 0.05) is 0 Å². The summed E-state index contributed by atoms with van der Waals surface area (Å²) in [7, 11) is 0. The topological polar surface area (TPSA) is 43.4 Å². The lowest BCUT2D eigenvalue weighted by atomic mass is 9.75. The molecule has 3 heteroatoms. The molecule has 5 atom stereocenters. The minimum absolute atomic E-state index is 0.122. The third kappa shape index (κ3) is 0.781. The van der Waals surface area contributed by atoms with Crippen LogP contribution in [0, 0.1) is 29.6 Å². The summed E-state index contributed by atoms with van der Waals surface area (Å²) in [6, 6.07) is 0. The number of allylic oxidation sites excluding steroid dienone is 1. The van der Waals surface area contributed by atoms with Gasteiger partial charge in [-0.3, -0.25) is 9.59 Å². The number of ether oxygens (including phenoxy) is 1. The second kappa shape index (κ2) is 2.47. The van der Waals surface area contributed by atoms with E-state index in [0.29, 0.717) is 17.8 Å². The summed E-state index contributed by atoms with van der Waals surface area (Å²) in [5.41, 5.74) is 0. The van der Waals surface area contributed by atoms with Gasteiger partial charge in [-0.25, -0.2) is 0 Å². The van der Waals surface area contributed by atoms with Gasteiger partial charge in [-0.05, 0) is 30.6 Å². The second-order valence-electron chi connectivity index (χ2n) is 4.59. The molecule has 14 heavy (non-hydrogen) atoms. The molecule has 0 radical (unpaired) electrons. The lowest BCUT2D eigenvalue weighted by Crippen LogP contribution is -2.29. The van der Waals surface area contributed by atoms with Crippen molar-refractivity contribution >= 4 is 11.9 Å². The van der Waals surface area contributed by atoms with Gasteiger partial charge in [0.15, 0.2) is 0 Å². The van der Waals surface area contributed by atoms with Gasteiger partial charge in [0.1, 0.15) is 0 Å². The van der Waals surface area contributed by atoms with Crippen molar-refractivity contribution in [2.45, 2.75) is 12.8 Å². The Hall–Kier alpha value is -1.12. The average molecular weight is 192 g/mol. The largest absolute Gasteiger partial charge is 0.393 e. The average Bonchev–Trinajstić information content (AvgIpc) is 2.78. The minimum Gasteiger partial charge on any atom is -0.393 e. The Morgan fingerprint density at radius 2 is 1.93 bits per heavy atom. The molecule has 3 aliphatic rings. The van der Waals surface area contributed by atoms with E-state index in [2.05, 4.69) is 11.3 Å². The molecule has 3 nitrogen and oxygen atoms in total. The van der Waals surface area contributed by atoms with E-state index in [1.807, 2.05) is 6.08 Å². The van der Waals surface area contributed by atoms with Crippen molar-refractivity contribution in [3.05, 3.63) is 12.7 Å². The molecule has 3 fully saturated rings. The minimum atomic E-state index is -0.293. The normalized spacial score (nSPS) is 49.3. The first kappa shape index (κ1) is 8.21. The molecular weight excluding hydrogens is 180 g/mol. The number of carbonyl (C=O) groups is 2. The lowest BCUT2D eigenvalue weighted by molar-refractivity contribution is -0.154.